The number of hydrogen-bond acceptors (Lipinski definition) is 2. The van der Waals surface area contributed by atoms with Gasteiger partial charge in [0.05, 0.1) is 0 Å². The van der Waals surface area contributed by atoms with E-state index in [2.05, 4.69) is 6.58 Å². The van der Waals surface area contributed by atoms with Crippen molar-refractivity contribution in [2.45, 2.75) is 0 Å². The smallest absolute Gasteiger partial charge is 0.355 e. The molecule has 0 aromatic heterocycles. The van der Waals surface area contributed by atoms with Crippen molar-refractivity contribution in [1.29, 1.82) is 0 Å². The highest BCUT2D eigenvalue weighted by molar-refractivity contribution is 6.49. The largest absolute Gasteiger partial charge is 0.508 e. The molecule has 0 bridgehead atoms. The van der Waals surface area contributed by atoms with Crippen LogP contribution in [0.25, 0.3) is 0 Å². The van der Waals surface area contributed by atoms with Crippen molar-refractivity contribution in [1.82, 2.24) is 0 Å². The third kappa shape index (κ3) is 2.71. The van der Waals surface area contributed by atoms with Crippen LogP contribution in [0.2, 0.25) is 0 Å². The first-order chi connectivity index (χ1) is 5.83. The van der Waals surface area contributed by atoms with Gasteiger partial charge in [-0.25, -0.2) is 4.79 Å². The first-order valence-corrected chi connectivity index (χ1v) is 4.38. The Morgan fingerprint density at radius 3 is 2.67 bits per heavy atom. The summed E-state index contributed by atoms with van der Waals surface area (Å²) in [5.41, 5.74) is 0. The molecule has 2 radical (unpaired) electrons. The molecule has 0 aliphatic carbocycles. The van der Waals surface area contributed by atoms with Gasteiger partial charge in [0.2, 0.25) is 0 Å². The summed E-state index contributed by atoms with van der Waals surface area (Å²) in [7, 11) is 0.0708. The second-order valence-electron chi connectivity index (χ2n) is 2.09. The number of benzene rings is 1. The average Bonchev–Trinajstić information content (AvgIpc) is 2.16. The van der Waals surface area contributed by atoms with E-state index in [0.29, 0.717) is 0 Å². The summed E-state index contributed by atoms with van der Waals surface area (Å²) >= 11 is 0. The minimum absolute atomic E-state index is 0.0708. The minimum atomic E-state index is -0.378. The van der Waals surface area contributed by atoms with E-state index in [-0.39, 0.29) is 15.7 Å². The monoisotopic (exact) mass is 176 g/mol. The number of carbonyl (C=O) groups excluding carboxylic acids is 1. The van der Waals surface area contributed by atoms with Crippen molar-refractivity contribution in [3.8, 4) is 0 Å². The van der Waals surface area contributed by atoms with Gasteiger partial charge in [-0.2, -0.15) is 0 Å². The van der Waals surface area contributed by atoms with Crippen LogP contribution in [-0.4, -0.2) is 15.7 Å². The molecular weight excluding hydrogens is 168 g/mol. The first kappa shape index (κ1) is 8.74. The van der Waals surface area contributed by atoms with Gasteiger partial charge in [-0.15, -0.1) is 0 Å². The molecule has 0 aliphatic rings. The summed E-state index contributed by atoms with van der Waals surface area (Å²) < 4.78 is 4.85. The van der Waals surface area contributed by atoms with Crippen molar-refractivity contribution in [3.63, 3.8) is 0 Å². The topological polar surface area (TPSA) is 26.3 Å². The van der Waals surface area contributed by atoms with Crippen molar-refractivity contribution in [2.75, 3.05) is 0 Å². The van der Waals surface area contributed by atoms with Crippen LogP contribution in [0.5, 0.6) is 0 Å². The first-order valence-electron chi connectivity index (χ1n) is 3.47. The third-order valence-electron chi connectivity index (χ3n) is 1.21. The Morgan fingerprint density at radius 1 is 1.42 bits per heavy atom. The number of hydrogen-bond donors (Lipinski definition) is 0. The lowest BCUT2D eigenvalue weighted by Crippen LogP contribution is -2.19. The Morgan fingerprint density at radius 2 is 2.08 bits per heavy atom. The molecule has 0 spiro atoms. The lowest BCUT2D eigenvalue weighted by molar-refractivity contribution is -0.128. The molecule has 0 amide bonds. The van der Waals surface area contributed by atoms with Gasteiger partial charge in [0.25, 0.3) is 0 Å². The van der Waals surface area contributed by atoms with Crippen LogP contribution < -0.4 is 5.19 Å². The molecule has 1 aromatic carbocycles. The maximum Gasteiger partial charge on any atom is 0.355 e. The molecule has 2 nitrogen and oxygen atoms in total. The predicted molar refractivity (Wildman–Crippen MR) is 48.1 cm³/mol. The fourth-order valence-electron chi connectivity index (χ4n) is 0.657. The molecule has 0 saturated heterocycles. The molecule has 0 heterocycles. The molecular formula is C9H8O2Si. The van der Waals surface area contributed by atoms with E-state index in [1.165, 1.54) is 0 Å². The molecule has 3 heteroatoms. The number of rotatable bonds is 3. The molecule has 1 rings (SSSR count). The predicted octanol–water partition coefficient (Wildman–Crippen LogP) is 0.660. The van der Waals surface area contributed by atoms with E-state index in [1.807, 2.05) is 30.3 Å². The van der Waals surface area contributed by atoms with Gasteiger partial charge in [-0.3, -0.25) is 0 Å². The van der Waals surface area contributed by atoms with E-state index < -0.39 is 0 Å². The molecule has 0 saturated carbocycles. The summed E-state index contributed by atoms with van der Waals surface area (Å²) in [6.45, 7) is 3.30. The quantitative estimate of drug-likeness (QED) is 0.499. The highest BCUT2D eigenvalue weighted by Gasteiger charge is 1.99. The lowest BCUT2D eigenvalue weighted by Gasteiger charge is -1.97. The summed E-state index contributed by atoms with van der Waals surface area (Å²) in [6, 6.07) is 9.56. The van der Waals surface area contributed by atoms with Crippen LogP contribution in [-0.2, 0) is 9.22 Å². The third-order valence-corrected chi connectivity index (χ3v) is 2.08. The van der Waals surface area contributed by atoms with Crippen LogP contribution in [0.15, 0.2) is 43.0 Å². The van der Waals surface area contributed by atoms with Gasteiger partial charge in [-0.05, 0) is 5.19 Å². The van der Waals surface area contributed by atoms with Gasteiger partial charge >= 0.3 is 15.7 Å². The lowest BCUT2D eigenvalue weighted by atomic mass is 10.4. The normalized spacial score (nSPS) is 9.00. The maximum absolute atomic E-state index is 10.7. The van der Waals surface area contributed by atoms with Crippen LogP contribution in [0.1, 0.15) is 0 Å². The van der Waals surface area contributed by atoms with Crippen LogP contribution in [0.3, 0.4) is 0 Å². The average molecular weight is 176 g/mol. The highest BCUT2D eigenvalue weighted by Crippen LogP contribution is 1.83. The van der Waals surface area contributed by atoms with E-state index in [0.717, 1.165) is 11.3 Å². The second kappa shape index (κ2) is 4.51. The SMILES string of the molecule is C=CC(=O)O[Si]c1ccccc1. The zero-order valence-electron chi connectivity index (χ0n) is 6.49. The Bertz CT molecular complexity index is 269. The van der Waals surface area contributed by atoms with Gasteiger partial charge in [0.15, 0.2) is 0 Å². The van der Waals surface area contributed by atoms with Crippen LogP contribution in [0, 0.1) is 0 Å². The molecule has 0 N–H and O–H groups in total. The standard InChI is InChI=1S/C9H8O2Si/c1-2-9(10)11-12-8-6-4-3-5-7-8/h2-7H,1H2. The number of carbonyl (C=O) groups is 1. The summed E-state index contributed by atoms with van der Waals surface area (Å²) in [5, 5.41) is 1.01. The highest BCUT2D eigenvalue weighted by atomic mass is 28.2. The van der Waals surface area contributed by atoms with Gasteiger partial charge in [0, 0.05) is 6.08 Å². The van der Waals surface area contributed by atoms with E-state index in [1.54, 1.807) is 0 Å². The van der Waals surface area contributed by atoms with Crippen LogP contribution >= 0.6 is 0 Å². The molecule has 60 valence electrons. The van der Waals surface area contributed by atoms with E-state index in [9.17, 15) is 4.79 Å². The van der Waals surface area contributed by atoms with Gasteiger partial charge in [0.1, 0.15) is 0 Å². The van der Waals surface area contributed by atoms with E-state index in [4.69, 9.17) is 4.43 Å². The molecule has 0 fully saturated rings. The summed E-state index contributed by atoms with van der Waals surface area (Å²) in [6.07, 6.45) is 1.16. The van der Waals surface area contributed by atoms with Crippen molar-refractivity contribution >= 4 is 20.9 Å². The zero-order chi connectivity index (χ0) is 8.81. The Balaban J connectivity index is 2.43. The Labute approximate surface area is 73.8 Å². The van der Waals surface area contributed by atoms with Gasteiger partial charge in [-0.1, -0.05) is 36.9 Å². The second-order valence-corrected chi connectivity index (χ2v) is 3.08. The van der Waals surface area contributed by atoms with Gasteiger partial charge < -0.3 is 4.43 Å². The fraction of sp³-hybridized carbons (Fsp3) is 0. The molecule has 0 atom stereocenters. The Kier molecular flexibility index (Phi) is 3.28. The van der Waals surface area contributed by atoms with Crippen molar-refractivity contribution in [3.05, 3.63) is 43.0 Å². The van der Waals surface area contributed by atoms with Crippen molar-refractivity contribution < 1.29 is 9.22 Å². The molecule has 0 unspecified atom stereocenters. The minimum Gasteiger partial charge on any atom is -0.508 e. The van der Waals surface area contributed by atoms with Crippen molar-refractivity contribution in [2.24, 2.45) is 0 Å². The zero-order valence-corrected chi connectivity index (χ0v) is 7.49. The molecule has 1 aromatic rings. The Hall–Kier alpha value is -1.35. The summed E-state index contributed by atoms with van der Waals surface area (Å²) in [4.78, 5) is 10.7. The van der Waals surface area contributed by atoms with Crippen LogP contribution in [0.4, 0.5) is 0 Å². The summed E-state index contributed by atoms with van der Waals surface area (Å²) in [5.74, 6) is -0.378. The molecule has 12 heavy (non-hydrogen) atoms. The fourth-order valence-corrected chi connectivity index (χ4v) is 1.29. The maximum atomic E-state index is 10.7. The van der Waals surface area contributed by atoms with E-state index >= 15 is 0 Å². The molecule has 0 aliphatic heterocycles.